The van der Waals surface area contributed by atoms with Crippen molar-refractivity contribution in [1.29, 1.82) is 0 Å². The van der Waals surface area contributed by atoms with Gasteiger partial charge >= 0.3 is 7.48 Å². The van der Waals surface area contributed by atoms with Gasteiger partial charge < -0.3 is 20.2 Å². The zero-order chi connectivity index (χ0) is 17.8. The Morgan fingerprint density at radius 1 is 1.04 bits per heavy atom. The SMILES string of the molecule is CC(C)(O)C(C)(C)O[B]c1cc(N)cc(OCc2ccccc2)c1. The van der Waals surface area contributed by atoms with Gasteiger partial charge in [0.25, 0.3) is 0 Å². The fraction of sp³-hybridized carbons (Fsp3) is 0.368. The first-order valence-electron chi connectivity index (χ1n) is 7.98. The summed E-state index contributed by atoms with van der Waals surface area (Å²) in [5.41, 5.74) is 6.71. The van der Waals surface area contributed by atoms with Crippen molar-refractivity contribution in [2.45, 2.75) is 45.5 Å². The van der Waals surface area contributed by atoms with Crippen LogP contribution in [0.5, 0.6) is 5.75 Å². The molecule has 0 atom stereocenters. The van der Waals surface area contributed by atoms with Gasteiger partial charge in [-0.2, -0.15) is 0 Å². The van der Waals surface area contributed by atoms with Crippen LogP contribution in [0.4, 0.5) is 5.69 Å². The maximum atomic E-state index is 10.1. The van der Waals surface area contributed by atoms with Gasteiger partial charge in [0.05, 0.1) is 11.2 Å². The molecular formula is C19H25BNO3. The van der Waals surface area contributed by atoms with Crippen LogP contribution in [0.3, 0.4) is 0 Å². The predicted octanol–water partition coefficient (Wildman–Crippen LogP) is 2.66. The number of anilines is 1. The van der Waals surface area contributed by atoms with Gasteiger partial charge in [-0.1, -0.05) is 30.3 Å². The zero-order valence-corrected chi connectivity index (χ0v) is 14.7. The number of nitrogens with two attached hydrogens (primary N) is 1. The maximum Gasteiger partial charge on any atom is 0.331 e. The number of benzene rings is 2. The summed E-state index contributed by atoms with van der Waals surface area (Å²) in [5, 5.41) is 10.1. The summed E-state index contributed by atoms with van der Waals surface area (Å²) >= 11 is 0. The Hall–Kier alpha value is -1.98. The molecule has 0 spiro atoms. The van der Waals surface area contributed by atoms with Crippen molar-refractivity contribution in [3.63, 3.8) is 0 Å². The molecule has 1 radical (unpaired) electrons. The lowest BCUT2D eigenvalue weighted by atomic mass is 9.82. The molecule has 0 heterocycles. The fourth-order valence-corrected chi connectivity index (χ4v) is 1.90. The molecule has 0 aliphatic heterocycles. The third-order valence-electron chi connectivity index (χ3n) is 4.16. The molecule has 24 heavy (non-hydrogen) atoms. The van der Waals surface area contributed by atoms with Crippen LogP contribution < -0.4 is 15.9 Å². The first kappa shape index (κ1) is 18.4. The van der Waals surface area contributed by atoms with E-state index in [0.29, 0.717) is 18.0 Å². The van der Waals surface area contributed by atoms with Crippen molar-refractivity contribution < 1.29 is 14.5 Å². The number of aliphatic hydroxyl groups is 1. The Morgan fingerprint density at radius 3 is 2.33 bits per heavy atom. The van der Waals surface area contributed by atoms with Crippen LogP contribution >= 0.6 is 0 Å². The molecule has 0 saturated carbocycles. The highest BCUT2D eigenvalue weighted by atomic mass is 16.5. The van der Waals surface area contributed by atoms with E-state index in [2.05, 4.69) is 0 Å². The van der Waals surface area contributed by atoms with Crippen LogP contribution in [0.15, 0.2) is 48.5 Å². The normalized spacial score (nSPS) is 12.0. The largest absolute Gasteiger partial charge is 0.489 e. The second-order valence-corrected chi connectivity index (χ2v) is 6.91. The van der Waals surface area contributed by atoms with Crippen LogP contribution in [0.1, 0.15) is 33.3 Å². The van der Waals surface area contributed by atoms with E-state index in [-0.39, 0.29) is 0 Å². The summed E-state index contributed by atoms with van der Waals surface area (Å²) in [4.78, 5) is 0. The smallest absolute Gasteiger partial charge is 0.331 e. The van der Waals surface area contributed by atoms with E-state index in [9.17, 15) is 5.11 Å². The van der Waals surface area contributed by atoms with Gasteiger partial charge in [0.2, 0.25) is 0 Å². The van der Waals surface area contributed by atoms with E-state index >= 15 is 0 Å². The minimum atomic E-state index is -0.976. The quantitative estimate of drug-likeness (QED) is 0.606. The first-order valence-corrected chi connectivity index (χ1v) is 7.98. The molecule has 0 saturated heterocycles. The van der Waals surface area contributed by atoms with Crippen LogP contribution in [0.25, 0.3) is 0 Å². The molecule has 2 aromatic carbocycles. The maximum absolute atomic E-state index is 10.1. The summed E-state index contributed by atoms with van der Waals surface area (Å²) in [6.45, 7) is 7.58. The van der Waals surface area contributed by atoms with Gasteiger partial charge in [-0.15, -0.1) is 0 Å². The minimum Gasteiger partial charge on any atom is -0.489 e. The molecule has 127 valence electrons. The highest BCUT2D eigenvalue weighted by Crippen LogP contribution is 2.24. The Bertz CT molecular complexity index is 666. The standard InChI is InChI=1S/C19H25BNO3/c1-18(2,22)19(3,4)24-20-15-10-16(21)12-17(11-15)23-13-14-8-6-5-7-9-14/h5-12,22H,13,21H2,1-4H3. The third kappa shape index (κ3) is 5.01. The van der Waals surface area contributed by atoms with E-state index < -0.39 is 11.2 Å². The van der Waals surface area contributed by atoms with E-state index in [1.165, 1.54) is 0 Å². The molecule has 4 nitrogen and oxygen atoms in total. The van der Waals surface area contributed by atoms with Gasteiger partial charge in [-0.25, -0.2) is 0 Å². The van der Waals surface area contributed by atoms with Gasteiger partial charge in [-0.05, 0) is 50.9 Å². The van der Waals surface area contributed by atoms with Crippen molar-refractivity contribution in [3.8, 4) is 5.75 Å². The topological polar surface area (TPSA) is 64.7 Å². The van der Waals surface area contributed by atoms with Crippen LogP contribution in [-0.2, 0) is 11.3 Å². The van der Waals surface area contributed by atoms with Gasteiger partial charge in [0.1, 0.15) is 12.4 Å². The third-order valence-corrected chi connectivity index (χ3v) is 4.16. The van der Waals surface area contributed by atoms with E-state index in [4.69, 9.17) is 15.1 Å². The van der Waals surface area contributed by atoms with Crippen LogP contribution in [0.2, 0.25) is 0 Å². The zero-order valence-electron chi connectivity index (χ0n) is 14.7. The summed E-state index contributed by atoms with van der Waals surface area (Å²) in [6, 6.07) is 15.4. The van der Waals surface area contributed by atoms with Crippen LogP contribution in [-0.4, -0.2) is 23.8 Å². The van der Waals surface area contributed by atoms with Crippen molar-refractivity contribution in [2.75, 3.05) is 5.73 Å². The van der Waals surface area contributed by atoms with Crippen molar-refractivity contribution >= 4 is 18.6 Å². The second-order valence-electron chi connectivity index (χ2n) is 6.91. The number of hydrogen-bond donors (Lipinski definition) is 2. The van der Waals surface area contributed by atoms with Crippen molar-refractivity contribution in [1.82, 2.24) is 0 Å². The van der Waals surface area contributed by atoms with Crippen molar-refractivity contribution in [3.05, 3.63) is 54.1 Å². The van der Waals surface area contributed by atoms with Crippen LogP contribution in [0, 0.1) is 0 Å². The number of hydrogen-bond acceptors (Lipinski definition) is 4. The molecule has 2 aromatic rings. The lowest BCUT2D eigenvalue weighted by Gasteiger charge is -2.37. The average molecular weight is 326 g/mol. The summed E-state index contributed by atoms with van der Waals surface area (Å²) in [7, 11) is 1.60. The molecular weight excluding hydrogens is 301 g/mol. The Morgan fingerprint density at radius 2 is 1.71 bits per heavy atom. The predicted molar refractivity (Wildman–Crippen MR) is 98.5 cm³/mol. The van der Waals surface area contributed by atoms with Crippen molar-refractivity contribution in [2.24, 2.45) is 0 Å². The van der Waals surface area contributed by atoms with Gasteiger partial charge in [-0.3, -0.25) is 0 Å². The van der Waals surface area contributed by atoms with E-state index in [1.54, 1.807) is 33.5 Å². The molecule has 0 aromatic heterocycles. The van der Waals surface area contributed by atoms with E-state index in [1.807, 2.05) is 50.2 Å². The molecule has 0 unspecified atom stereocenters. The molecule has 0 aliphatic carbocycles. The summed E-state index contributed by atoms with van der Waals surface area (Å²) in [5.74, 6) is 0.676. The number of nitrogen functional groups attached to an aromatic ring is 1. The molecule has 0 fully saturated rings. The number of rotatable bonds is 7. The molecule has 5 heteroatoms. The average Bonchev–Trinajstić information content (AvgIpc) is 2.51. The molecule has 0 amide bonds. The lowest BCUT2D eigenvalue weighted by Crippen LogP contribution is -2.49. The summed E-state index contributed by atoms with van der Waals surface area (Å²) < 4.78 is 11.6. The lowest BCUT2D eigenvalue weighted by molar-refractivity contribution is -0.0893. The summed E-state index contributed by atoms with van der Waals surface area (Å²) in [6.07, 6.45) is 0. The number of ether oxygens (including phenoxy) is 1. The van der Waals surface area contributed by atoms with Gasteiger partial charge in [0, 0.05) is 11.8 Å². The minimum absolute atomic E-state index is 0.472. The first-order chi connectivity index (χ1) is 11.2. The van der Waals surface area contributed by atoms with Gasteiger partial charge in [0.15, 0.2) is 0 Å². The fourth-order valence-electron chi connectivity index (χ4n) is 1.90. The molecule has 0 aliphatic rings. The Balaban J connectivity index is 2.03. The second kappa shape index (κ2) is 7.28. The monoisotopic (exact) mass is 326 g/mol. The molecule has 0 bridgehead atoms. The highest BCUT2D eigenvalue weighted by molar-refractivity contribution is 6.47. The van der Waals surface area contributed by atoms with E-state index in [0.717, 1.165) is 11.0 Å². The molecule has 2 rings (SSSR count). The molecule has 3 N–H and O–H groups in total. The Labute approximate surface area is 144 Å². The highest BCUT2D eigenvalue weighted by Gasteiger charge is 2.35. The Kier molecular flexibility index (Phi) is 5.57.